The van der Waals surface area contributed by atoms with Crippen molar-refractivity contribution in [1.82, 2.24) is 4.98 Å². The van der Waals surface area contributed by atoms with Gasteiger partial charge in [0.15, 0.2) is 0 Å². The molecule has 110 valence electrons. The van der Waals surface area contributed by atoms with Gasteiger partial charge in [-0.3, -0.25) is 4.98 Å². The number of anilines is 2. The first-order chi connectivity index (χ1) is 10.3. The van der Waals surface area contributed by atoms with Crippen LogP contribution in [0, 0.1) is 6.92 Å². The van der Waals surface area contributed by atoms with E-state index in [4.69, 9.17) is 0 Å². The van der Waals surface area contributed by atoms with Crippen LogP contribution < -0.4 is 10.2 Å². The first kappa shape index (κ1) is 13.9. The molecule has 1 saturated heterocycles. The molecule has 2 aromatic rings. The zero-order valence-electron chi connectivity index (χ0n) is 12.7. The molecular formula is C18H23N3. The summed E-state index contributed by atoms with van der Waals surface area (Å²) in [6, 6.07) is 10.7. The van der Waals surface area contributed by atoms with Gasteiger partial charge in [-0.1, -0.05) is 12.1 Å². The highest BCUT2D eigenvalue weighted by Gasteiger charge is 2.13. The number of hydrogen-bond acceptors (Lipinski definition) is 3. The van der Waals surface area contributed by atoms with Crippen LogP contribution >= 0.6 is 0 Å². The minimum absolute atomic E-state index is 0.824. The van der Waals surface area contributed by atoms with Gasteiger partial charge < -0.3 is 10.2 Å². The van der Waals surface area contributed by atoms with E-state index in [9.17, 15) is 0 Å². The molecule has 3 nitrogen and oxygen atoms in total. The molecule has 1 aromatic heterocycles. The topological polar surface area (TPSA) is 28.2 Å². The minimum Gasteiger partial charge on any atom is -0.379 e. The summed E-state index contributed by atoms with van der Waals surface area (Å²) in [5.74, 6) is 0. The molecule has 0 aliphatic carbocycles. The van der Waals surface area contributed by atoms with Crippen molar-refractivity contribution in [3.05, 3.63) is 53.9 Å². The number of hydrogen-bond donors (Lipinski definition) is 1. The fraction of sp³-hybridized carbons (Fsp3) is 0.389. The van der Waals surface area contributed by atoms with Crippen molar-refractivity contribution in [2.45, 2.75) is 32.7 Å². The lowest BCUT2D eigenvalue weighted by Gasteiger charge is -2.30. The normalized spacial score (nSPS) is 15.0. The second kappa shape index (κ2) is 6.61. The van der Waals surface area contributed by atoms with E-state index < -0.39 is 0 Å². The van der Waals surface area contributed by atoms with Crippen molar-refractivity contribution in [2.24, 2.45) is 0 Å². The van der Waals surface area contributed by atoms with Gasteiger partial charge in [0, 0.05) is 32.0 Å². The molecule has 0 amide bonds. The number of aromatic nitrogens is 1. The monoisotopic (exact) mass is 281 g/mol. The summed E-state index contributed by atoms with van der Waals surface area (Å²) >= 11 is 0. The summed E-state index contributed by atoms with van der Waals surface area (Å²) < 4.78 is 0. The van der Waals surface area contributed by atoms with E-state index >= 15 is 0 Å². The molecule has 0 unspecified atom stereocenters. The Kier molecular flexibility index (Phi) is 4.39. The minimum atomic E-state index is 0.824. The van der Waals surface area contributed by atoms with Gasteiger partial charge in [-0.15, -0.1) is 0 Å². The molecule has 21 heavy (non-hydrogen) atoms. The molecule has 0 spiro atoms. The van der Waals surface area contributed by atoms with Crippen LogP contribution in [0.5, 0.6) is 0 Å². The fourth-order valence-electron chi connectivity index (χ4n) is 2.91. The van der Waals surface area contributed by atoms with Crippen LogP contribution in [0.3, 0.4) is 0 Å². The molecule has 1 N–H and O–H groups in total. The smallest absolute Gasteiger partial charge is 0.0602 e. The predicted octanol–water partition coefficient (Wildman–Crippen LogP) is 3.99. The number of pyridine rings is 1. The van der Waals surface area contributed by atoms with Crippen LogP contribution in [-0.4, -0.2) is 18.1 Å². The van der Waals surface area contributed by atoms with Gasteiger partial charge in [-0.25, -0.2) is 0 Å². The van der Waals surface area contributed by atoms with Crippen molar-refractivity contribution >= 4 is 11.4 Å². The summed E-state index contributed by atoms with van der Waals surface area (Å²) in [5, 5.41) is 3.59. The molecule has 1 aliphatic heterocycles. The van der Waals surface area contributed by atoms with E-state index in [1.165, 1.54) is 54.9 Å². The van der Waals surface area contributed by atoms with E-state index in [0.717, 1.165) is 6.54 Å². The molecule has 3 heteroatoms. The summed E-state index contributed by atoms with van der Waals surface area (Å²) in [6.45, 7) is 5.30. The van der Waals surface area contributed by atoms with E-state index in [0.29, 0.717) is 0 Å². The Hall–Kier alpha value is -2.03. The van der Waals surface area contributed by atoms with E-state index in [-0.39, 0.29) is 0 Å². The Morgan fingerprint density at radius 3 is 2.71 bits per heavy atom. The Bertz CT molecular complexity index is 589. The van der Waals surface area contributed by atoms with Crippen LogP contribution in [0.4, 0.5) is 11.4 Å². The maximum atomic E-state index is 4.22. The molecular weight excluding hydrogens is 258 g/mol. The Morgan fingerprint density at radius 1 is 1.10 bits per heavy atom. The summed E-state index contributed by atoms with van der Waals surface area (Å²) in [5.41, 5.74) is 5.10. The number of benzene rings is 1. The Morgan fingerprint density at radius 2 is 1.90 bits per heavy atom. The predicted molar refractivity (Wildman–Crippen MR) is 88.8 cm³/mol. The molecule has 0 saturated carbocycles. The number of rotatable bonds is 4. The highest BCUT2D eigenvalue weighted by Crippen LogP contribution is 2.28. The van der Waals surface area contributed by atoms with Gasteiger partial charge in [-0.2, -0.15) is 0 Å². The summed E-state index contributed by atoms with van der Waals surface area (Å²) in [4.78, 5) is 6.72. The molecule has 1 aromatic carbocycles. The van der Waals surface area contributed by atoms with Crippen molar-refractivity contribution in [3.63, 3.8) is 0 Å². The lowest BCUT2D eigenvalue weighted by molar-refractivity contribution is 0.578. The molecule has 0 radical (unpaired) electrons. The van der Waals surface area contributed by atoms with Crippen LogP contribution in [0.25, 0.3) is 0 Å². The third kappa shape index (κ3) is 3.35. The standard InChI is InChI=1S/C18H23N3/c1-15-9-10-19-13-16(15)14-20-17-7-3-4-8-18(17)21-11-5-2-6-12-21/h3-4,7-10,13,20H,2,5-6,11-12,14H2,1H3. The highest BCUT2D eigenvalue weighted by molar-refractivity contribution is 5.70. The highest BCUT2D eigenvalue weighted by atomic mass is 15.1. The van der Waals surface area contributed by atoms with Crippen LogP contribution in [0.2, 0.25) is 0 Å². The molecule has 0 atom stereocenters. The maximum Gasteiger partial charge on any atom is 0.0602 e. The second-order valence-electron chi connectivity index (χ2n) is 5.72. The zero-order chi connectivity index (χ0) is 14.5. The molecule has 0 bridgehead atoms. The van der Waals surface area contributed by atoms with Gasteiger partial charge in [0.2, 0.25) is 0 Å². The maximum absolute atomic E-state index is 4.22. The van der Waals surface area contributed by atoms with Crippen molar-refractivity contribution < 1.29 is 0 Å². The first-order valence-electron chi connectivity index (χ1n) is 7.82. The number of nitrogens with one attached hydrogen (secondary N) is 1. The van der Waals surface area contributed by atoms with E-state index in [1.807, 2.05) is 12.4 Å². The third-order valence-corrected chi connectivity index (χ3v) is 4.22. The fourth-order valence-corrected chi connectivity index (χ4v) is 2.91. The quantitative estimate of drug-likeness (QED) is 0.918. The van der Waals surface area contributed by atoms with Gasteiger partial charge >= 0.3 is 0 Å². The van der Waals surface area contributed by atoms with Crippen LogP contribution in [0.1, 0.15) is 30.4 Å². The van der Waals surface area contributed by atoms with Crippen molar-refractivity contribution in [1.29, 1.82) is 0 Å². The number of para-hydroxylation sites is 2. The first-order valence-corrected chi connectivity index (χ1v) is 7.82. The lowest BCUT2D eigenvalue weighted by atomic mass is 10.1. The van der Waals surface area contributed by atoms with Gasteiger partial charge in [0.25, 0.3) is 0 Å². The number of nitrogens with zero attached hydrogens (tertiary/aromatic N) is 2. The third-order valence-electron chi connectivity index (χ3n) is 4.22. The molecule has 1 fully saturated rings. The van der Waals surface area contributed by atoms with Crippen molar-refractivity contribution in [2.75, 3.05) is 23.3 Å². The van der Waals surface area contributed by atoms with Gasteiger partial charge in [0.1, 0.15) is 0 Å². The number of aryl methyl sites for hydroxylation is 1. The van der Waals surface area contributed by atoms with Crippen molar-refractivity contribution in [3.8, 4) is 0 Å². The summed E-state index contributed by atoms with van der Waals surface area (Å²) in [6.07, 6.45) is 7.76. The van der Waals surface area contributed by atoms with E-state index in [1.54, 1.807) is 0 Å². The van der Waals surface area contributed by atoms with Crippen LogP contribution in [-0.2, 0) is 6.54 Å². The van der Waals surface area contributed by atoms with Gasteiger partial charge in [0.05, 0.1) is 11.4 Å². The van der Waals surface area contributed by atoms with Gasteiger partial charge in [-0.05, 0) is 55.5 Å². The Labute approximate surface area is 127 Å². The SMILES string of the molecule is Cc1ccncc1CNc1ccccc1N1CCCCC1. The largest absolute Gasteiger partial charge is 0.379 e. The average Bonchev–Trinajstić information content (AvgIpc) is 2.55. The van der Waals surface area contributed by atoms with Crippen LogP contribution in [0.15, 0.2) is 42.7 Å². The summed E-state index contributed by atoms with van der Waals surface area (Å²) in [7, 11) is 0. The average molecular weight is 281 g/mol. The van der Waals surface area contributed by atoms with E-state index in [2.05, 4.69) is 52.5 Å². The second-order valence-corrected chi connectivity index (χ2v) is 5.72. The molecule has 1 aliphatic rings. The number of piperidine rings is 1. The zero-order valence-corrected chi connectivity index (χ0v) is 12.7. The Balaban J connectivity index is 1.74. The molecule has 3 rings (SSSR count). The molecule has 2 heterocycles. The lowest BCUT2D eigenvalue weighted by Crippen LogP contribution is -2.30.